The first-order valence-corrected chi connectivity index (χ1v) is 13.3. The fraction of sp³-hybridized carbons (Fsp3) is 0.645. The molecule has 184 valence electrons. The van der Waals surface area contributed by atoms with Gasteiger partial charge in [-0.05, 0) is 86.0 Å². The number of hydrogen-bond donors (Lipinski definition) is 0. The summed E-state index contributed by atoms with van der Waals surface area (Å²) >= 11 is 0. The number of carbonyl (C=O) groups is 1. The number of rotatable bonds is 7. The van der Waals surface area contributed by atoms with Crippen molar-refractivity contribution in [2.75, 3.05) is 0 Å². The van der Waals surface area contributed by atoms with Crippen LogP contribution in [0.15, 0.2) is 31.4 Å². The van der Waals surface area contributed by atoms with Crippen LogP contribution in [0.4, 0.5) is 0 Å². The van der Waals surface area contributed by atoms with Crippen LogP contribution in [0.2, 0.25) is 0 Å². The van der Waals surface area contributed by atoms with E-state index in [2.05, 4.69) is 66.0 Å². The maximum absolute atomic E-state index is 12.4. The van der Waals surface area contributed by atoms with E-state index in [1.54, 1.807) is 0 Å². The lowest BCUT2D eigenvalue weighted by Crippen LogP contribution is -2.45. The highest BCUT2D eigenvalue weighted by atomic mass is 16.6. The maximum atomic E-state index is 12.4. The highest BCUT2D eigenvalue weighted by molar-refractivity contribution is 5.80. The number of carbonyl (C=O) groups excluding carboxylic acids is 1. The molecule has 1 saturated carbocycles. The van der Waals surface area contributed by atoms with E-state index in [-0.39, 0.29) is 17.0 Å². The molecule has 0 saturated heterocycles. The monoisotopic (exact) mass is 452 g/mol. The number of benzene rings is 1. The lowest BCUT2D eigenvalue weighted by atomic mass is 9.73. The second kappa shape index (κ2) is 11.5. The molecule has 0 N–H and O–H groups in total. The van der Waals surface area contributed by atoms with Crippen molar-refractivity contribution < 1.29 is 9.53 Å². The van der Waals surface area contributed by atoms with Crippen LogP contribution < -0.4 is 0 Å². The van der Waals surface area contributed by atoms with Crippen LogP contribution in [0, 0.1) is 17.3 Å². The first-order chi connectivity index (χ1) is 15.6. The fourth-order valence-corrected chi connectivity index (χ4v) is 5.46. The normalized spacial score (nSPS) is 21.1. The van der Waals surface area contributed by atoms with Crippen molar-refractivity contribution in [3.8, 4) is 0 Å². The Morgan fingerprint density at radius 2 is 1.64 bits per heavy atom. The summed E-state index contributed by atoms with van der Waals surface area (Å²) in [7, 11) is 0. The molecule has 2 atom stereocenters. The summed E-state index contributed by atoms with van der Waals surface area (Å²) in [6.07, 6.45) is 11.0. The molecule has 1 aromatic rings. The minimum atomic E-state index is -0.357. The molecular formula is C31H48O2. The molecule has 3 rings (SSSR count). The van der Waals surface area contributed by atoms with Crippen molar-refractivity contribution in [3.63, 3.8) is 0 Å². The van der Waals surface area contributed by atoms with Crippen LogP contribution in [-0.4, -0.2) is 11.6 Å². The molecule has 2 unspecified atom stereocenters. The van der Waals surface area contributed by atoms with Crippen molar-refractivity contribution in [1.29, 1.82) is 0 Å². The van der Waals surface area contributed by atoms with E-state index in [0.717, 1.165) is 19.3 Å². The molecule has 0 radical (unpaired) electrons. The molecule has 33 heavy (non-hydrogen) atoms. The highest BCUT2D eigenvalue weighted by Gasteiger charge is 2.42. The summed E-state index contributed by atoms with van der Waals surface area (Å²) in [5.74, 6) is 1.71. The van der Waals surface area contributed by atoms with Crippen LogP contribution >= 0.6 is 0 Å². The van der Waals surface area contributed by atoms with Gasteiger partial charge in [-0.15, -0.1) is 0 Å². The van der Waals surface area contributed by atoms with Crippen LogP contribution in [0.3, 0.4) is 0 Å². The number of esters is 1. The molecule has 0 aliphatic heterocycles. The summed E-state index contributed by atoms with van der Waals surface area (Å²) in [5.41, 5.74) is 4.68. The van der Waals surface area contributed by atoms with Crippen LogP contribution in [0.5, 0.6) is 0 Å². The summed E-state index contributed by atoms with van der Waals surface area (Å²) < 4.78 is 6.09. The second-order valence-corrected chi connectivity index (χ2v) is 10.9. The Kier molecular flexibility index (Phi) is 9.58. The Hall–Kier alpha value is -1.83. The van der Waals surface area contributed by atoms with Gasteiger partial charge in [-0.3, -0.25) is 4.79 Å². The van der Waals surface area contributed by atoms with Gasteiger partial charge in [0.15, 0.2) is 0 Å². The van der Waals surface area contributed by atoms with Gasteiger partial charge in [0.2, 0.25) is 0 Å². The van der Waals surface area contributed by atoms with Gasteiger partial charge in [0.05, 0.1) is 5.41 Å². The molecule has 0 amide bonds. The minimum absolute atomic E-state index is 0.00993. The number of hydrogen-bond acceptors (Lipinski definition) is 2. The quantitative estimate of drug-likeness (QED) is 0.385. The van der Waals surface area contributed by atoms with Gasteiger partial charge in [0.1, 0.15) is 5.60 Å². The second-order valence-electron chi connectivity index (χ2n) is 10.9. The average Bonchev–Trinajstić information content (AvgIpc) is 3.07. The molecule has 1 fully saturated rings. The summed E-state index contributed by atoms with van der Waals surface area (Å²) in [6.45, 7) is 22.9. The van der Waals surface area contributed by atoms with Gasteiger partial charge < -0.3 is 4.74 Å². The molecule has 0 spiro atoms. The van der Waals surface area contributed by atoms with Crippen molar-refractivity contribution in [2.45, 2.75) is 111 Å². The smallest absolute Gasteiger partial charge is 0.312 e. The zero-order valence-corrected chi connectivity index (χ0v) is 22.4. The van der Waals surface area contributed by atoms with Crippen LogP contribution in [0.1, 0.15) is 122 Å². The SMILES string of the molecule is C=Cc1cccc2c1C(=C)C(C)C2C.CCC(C)(C)C(=O)OC(CC)(CC)C1CCCCC1. The Morgan fingerprint density at radius 1 is 1.03 bits per heavy atom. The first kappa shape index (κ1) is 27.4. The van der Waals surface area contributed by atoms with Crippen molar-refractivity contribution in [3.05, 3.63) is 48.0 Å². The van der Waals surface area contributed by atoms with E-state index < -0.39 is 0 Å². The summed E-state index contributed by atoms with van der Waals surface area (Å²) in [4.78, 5) is 12.4. The highest BCUT2D eigenvalue weighted by Crippen LogP contribution is 2.46. The number of fused-ring (bicyclic) bond motifs is 1. The molecule has 2 heteroatoms. The molecule has 0 heterocycles. The summed E-state index contributed by atoms with van der Waals surface area (Å²) in [5, 5.41) is 0. The molecule has 1 aromatic carbocycles. The van der Waals surface area contributed by atoms with Crippen molar-refractivity contribution >= 4 is 17.6 Å². The molecule has 2 aliphatic rings. The molecule has 0 bridgehead atoms. The predicted octanol–water partition coefficient (Wildman–Crippen LogP) is 9.20. The van der Waals surface area contributed by atoms with Gasteiger partial charge >= 0.3 is 5.97 Å². The van der Waals surface area contributed by atoms with E-state index >= 15 is 0 Å². The van der Waals surface area contributed by atoms with E-state index in [1.165, 1.54) is 54.4 Å². The third-order valence-electron chi connectivity index (χ3n) is 8.74. The standard InChI is InChI=1S/C17H32O2.C14H16/c1-6-16(4,5)15(18)19-17(7-2,8-3)14-12-10-9-11-13-14;1-5-12-7-6-8-13-10(3)9(2)11(4)14(12)13/h14H,6-13H2,1-5H3;5-10H,1,4H2,2-3H3. The molecular weight excluding hydrogens is 404 g/mol. The minimum Gasteiger partial charge on any atom is -0.458 e. The third-order valence-corrected chi connectivity index (χ3v) is 8.74. The number of ether oxygens (including phenoxy) is 1. The fourth-order valence-electron chi connectivity index (χ4n) is 5.46. The van der Waals surface area contributed by atoms with Crippen LogP contribution in [-0.2, 0) is 9.53 Å². The average molecular weight is 453 g/mol. The third kappa shape index (κ3) is 5.81. The first-order valence-electron chi connectivity index (χ1n) is 13.3. The zero-order valence-electron chi connectivity index (χ0n) is 22.4. The van der Waals surface area contributed by atoms with Crippen molar-refractivity contribution in [2.24, 2.45) is 17.3 Å². The molecule has 0 aromatic heterocycles. The molecule has 2 nitrogen and oxygen atoms in total. The van der Waals surface area contributed by atoms with E-state index in [9.17, 15) is 4.79 Å². The van der Waals surface area contributed by atoms with Crippen LogP contribution in [0.25, 0.3) is 11.6 Å². The Bertz CT molecular complexity index is 821. The zero-order chi connectivity index (χ0) is 24.8. The van der Waals surface area contributed by atoms with Gasteiger partial charge in [-0.25, -0.2) is 0 Å². The van der Waals surface area contributed by atoms with E-state index in [4.69, 9.17) is 4.74 Å². The number of allylic oxidation sites excluding steroid dienone is 1. The largest absolute Gasteiger partial charge is 0.458 e. The van der Waals surface area contributed by atoms with E-state index in [0.29, 0.717) is 17.8 Å². The maximum Gasteiger partial charge on any atom is 0.312 e. The lowest BCUT2D eigenvalue weighted by Gasteiger charge is -2.42. The van der Waals surface area contributed by atoms with Gasteiger partial charge in [-0.1, -0.05) is 91.3 Å². The van der Waals surface area contributed by atoms with Crippen molar-refractivity contribution in [1.82, 2.24) is 0 Å². The Balaban J connectivity index is 0.000000243. The Morgan fingerprint density at radius 3 is 2.15 bits per heavy atom. The van der Waals surface area contributed by atoms with Gasteiger partial charge in [0, 0.05) is 0 Å². The Labute approximate surface area is 203 Å². The lowest BCUT2D eigenvalue weighted by molar-refractivity contribution is -0.180. The topological polar surface area (TPSA) is 26.3 Å². The molecule has 2 aliphatic carbocycles. The predicted molar refractivity (Wildman–Crippen MR) is 143 cm³/mol. The summed E-state index contributed by atoms with van der Waals surface area (Å²) in [6, 6.07) is 6.43. The van der Waals surface area contributed by atoms with E-state index in [1.807, 2.05) is 19.9 Å². The van der Waals surface area contributed by atoms with Gasteiger partial charge in [-0.2, -0.15) is 0 Å². The van der Waals surface area contributed by atoms with Gasteiger partial charge in [0.25, 0.3) is 0 Å².